The highest BCUT2D eigenvalue weighted by Gasteiger charge is 2.18. The van der Waals surface area contributed by atoms with Crippen molar-refractivity contribution in [3.8, 4) is 22.9 Å². The Morgan fingerprint density at radius 3 is 2.68 bits per heavy atom. The predicted molar refractivity (Wildman–Crippen MR) is 124 cm³/mol. The Kier molecular flexibility index (Phi) is 9.30. The Labute approximate surface area is 200 Å². The lowest BCUT2D eigenvalue weighted by molar-refractivity contribution is -0.118. The maximum absolute atomic E-state index is 12.7. The normalized spacial score (nSPS) is 10.6. The van der Waals surface area contributed by atoms with Crippen molar-refractivity contribution in [1.29, 1.82) is 0 Å². The molecule has 0 unspecified atom stereocenters. The van der Waals surface area contributed by atoms with Crippen LogP contribution in [0.5, 0.6) is 11.5 Å². The van der Waals surface area contributed by atoms with Crippen LogP contribution < -0.4 is 14.8 Å². The Morgan fingerprint density at radius 2 is 1.91 bits per heavy atom. The van der Waals surface area contributed by atoms with E-state index in [1.54, 1.807) is 56.7 Å². The SMILES string of the molecule is COCCNC(=O)CSc1ccccc1C(=O)OCc1nc(-c2ccc(OC)cc2OC)no1. The van der Waals surface area contributed by atoms with E-state index in [-0.39, 0.29) is 24.2 Å². The van der Waals surface area contributed by atoms with Gasteiger partial charge in [0.1, 0.15) is 11.5 Å². The second-order valence-electron chi connectivity index (χ2n) is 6.78. The first-order chi connectivity index (χ1) is 16.5. The van der Waals surface area contributed by atoms with Gasteiger partial charge in [0.2, 0.25) is 11.7 Å². The lowest BCUT2D eigenvalue weighted by atomic mass is 10.2. The number of aromatic nitrogens is 2. The largest absolute Gasteiger partial charge is 0.497 e. The fourth-order valence-corrected chi connectivity index (χ4v) is 3.73. The van der Waals surface area contributed by atoms with Crippen molar-refractivity contribution in [2.45, 2.75) is 11.5 Å². The molecule has 3 rings (SSSR count). The van der Waals surface area contributed by atoms with Crippen LogP contribution in [0.3, 0.4) is 0 Å². The maximum atomic E-state index is 12.7. The Hall–Kier alpha value is -3.57. The van der Waals surface area contributed by atoms with Crippen molar-refractivity contribution < 1.29 is 33.1 Å². The van der Waals surface area contributed by atoms with E-state index in [9.17, 15) is 9.59 Å². The Balaban J connectivity index is 1.61. The van der Waals surface area contributed by atoms with Gasteiger partial charge in [0.25, 0.3) is 5.89 Å². The molecule has 0 aliphatic carbocycles. The van der Waals surface area contributed by atoms with Crippen LogP contribution in [-0.4, -0.2) is 62.3 Å². The number of rotatable bonds is 12. The van der Waals surface area contributed by atoms with Crippen LogP contribution in [-0.2, 0) is 20.9 Å². The van der Waals surface area contributed by atoms with Crippen molar-refractivity contribution in [3.63, 3.8) is 0 Å². The van der Waals surface area contributed by atoms with E-state index < -0.39 is 5.97 Å². The molecular formula is C23H25N3O7S. The highest BCUT2D eigenvalue weighted by Crippen LogP contribution is 2.31. The summed E-state index contributed by atoms with van der Waals surface area (Å²) in [6.45, 7) is 0.650. The van der Waals surface area contributed by atoms with Gasteiger partial charge in [-0.05, 0) is 24.3 Å². The molecule has 0 atom stereocenters. The third-order valence-electron chi connectivity index (χ3n) is 4.54. The number of ether oxygens (including phenoxy) is 4. The van der Waals surface area contributed by atoms with Gasteiger partial charge in [0.05, 0.1) is 37.7 Å². The summed E-state index contributed by atoms with van der Waals surface area (Å²) in [4.78, 5) is 29.5. The minimum atomic E-state index is -0.565. The zero-order valence-electron chi connectivity index (χ0n) is 19.0. The van der Waals surface area contributed by atoms with Gasteiger partial charge in [0.15, 0.2) is 6.61 Å². The third kappa shape index (κ3) is 6.72. The molecule has 0 radical (unpaired) electrons. The van der Waals surface area contributed by atoms with Crippen molar-refractivity contribution >= 4 is 23.6 Å². The van der Waals surface area contributed by atoms with E-state index in [0.717, 1.165) is 0 Å². The van der Waals surface area contributed by atoms with E-state index in [2.05, 4.69) is 15.5 Å². The molecule has 0 saturated carbocycles. The topological polar surface area (TPSA) is 122 Å². The van der Waals surface area contributed by atoms with Gasteiger partial charge < -0.3 is 28.8 Å². The molecule has 1 aromatic heterocycles. The van der Waals surface area contributed by atoms with Crippen molar-refractivity contribution in [1.82, 2.24) is 15.5 Å². The summed E-state index contributed by atoms with van der Waals surface area (Å²) in [6.07, 6.45) is 0. The number of thioether (sulfide) groups is 1. The van der Waals surface area contributed by atoms with E-state index in [1.165, 1.54) is 18.9 Å². The van der Waals surface area contributed by atoms with Crippen LogP contribution in [0.2, 0.25) is 0 Å². The maximum Gasteiger partial charge on any atom is 0.339 e. The average Bonchev–Trinajstić information content (AvgIpc) is 3.34. The first-order valence-electron chi connectivity index (χ1n) is 10.2. The molecule has 2 aromatic carbocycles. The molecule has 0 saturated heterocycles. The number of hydrogen-bond donors (Lipinski definition) is 1. The summed E-state index contributed by atoms with van der Waals surface area (Å²) in [5, 5.41) is 6.68. The van der Waals surface area contributed by atoms with Crippen LogP contribution in [0.1, 0.15) is 16.2 Å². The molecule has 10 nitrogen and oxygen atoms in total. The van der Waals surface area contributed by atoms with Gasteiger partial charge in [-0.1, -0.05) is 17.3 Å². The van der Waals surface area contributed by atoms with Crippen LogP contribution in [0.15, 0.2) is 51.9 Å². The van der Waals surface area contributed by atoms with Gasteiger partial charge in [0, 0.05) is 24.6 Å². The van der Waals surface area contributed by atoms with Gasteiger partial charge in [-0.3, -0.25) is 4.79 Å². The monoisotopic (exact) mass is 487 g/mol. The van der Waals surface area contributed by atoms with Crippen LogP contribution in [0.4, 0.5) is 0 Å². The minimum Gasteiger partial charge on any atom is -0.497 e. The number of benzene rings is 2. The summed E-state index contributed by atoms with van der Waals surface area (Å²) in [6, 6.07) is 12.1. The number of nitrogens with one attached hydrogen (secondary N) is 1. The van der Waals surface area contributed by atoms with Crippen LogP contribution in [0, 0.1) is 0 Å². The number of nitrogens with zero attached hydrogens (tertiary/aromatic N) is 2. The molecule has 0 aliphatic heterocycles. The zero-order chi connectivity index (χ0) is 24.3. The number of amides is 1. The molecular weight excluding hydrogens is 462 g/mol. The molecule has 1 N–H and O–H groups in total. The zero-order valence-corrected chi connectivity index (χ0v) is 19.8. The molecule has 0 aliphatic rings. The van der Waals surface area contributed by atoms with E-state index in [1.807, 2.05) is 0 Å². The highest BCUT2D eigenvalue weighted by atomic mass is 32.2. The average molecular weight is 488 g/mol. The van der Waals surface area contributed by atoms with Crippen LogP contribution in [0.25, 0.3) is 11.4 Å². The molecule has 1 heterocycles. The fourth-order valence-electron chi connectivity index (χ4n) is 2.86. The van der Waals surface area contributed by atoms with E-state index >= 15 is 0 Å². The Morgan fingerprint density at radius 1 is 1.09 bits per heavy atom. The predicted octanol–water partition coefficient (Wildman–Crippen LogP) is 2.97. The third-order valence-corrected chi connectivity index (χ3v) is 5.61. The number of hydrogen-bond acceptors (Lipinski definition) is 10. The first-order valence-corrected chi connectivity index (χ1v) is 11.2. The first kappa shape index (κ1) is 25.1. The molecule has 11 heteroatoms. The van der Waals surface area contributed by atoms with Crippen molar-refractivity contribution in [2.75, 3.05) is 40.2 Å². The van der Waals surface area contributed by atoms with Gasteiger partial charge in [-0.25, -0.2) is 4.79 Å². The van der Waals surface area contributed by atoms with Crippen molar-refractivity contribution in [2.24, 2.45) is 0 Å². The standard InChI is InChI=1S/C23H25N3O7S/c1-29-11-10-24-20(27)14-34-19-7-5-4-6-17(19)23(28)32-13-21-25-22(26-33-21)16-9-8-15(30-2)12-18(16)31-3/h4-9,12H,10-11,13-14H2,1-3H3,(H,24,27). The summed E-state index contributed by atoms with van der Waals surface area (Å²) < 4.78 is 26.1. The second-order valence-corrected chi connectivity index (χ2v) is 7.80. The summed E-state index contributed by atoms with van der Waals surface area (Å²) in [5.41, 5.74) is 0.948. The molecule has 180 valence electrons. The smallest absolute Gasteiger partial charge is 0.339 e. The molecule has 3 aromatic rings. The molecule has 0 spiro atoms. The lowest BCUT2D eigenvalue weighted by Gasteiger charge is -2.09. The summed E-state index contributed by atoms with van der Waals surface area (Å²) >= 11 is 1.24. The van der Waals surface area contributed by atoms with E-state index in [4.69, 9.17) is 23.5 Å². The highest BCUT2D eigenvalue weighted by molar-refractivity contribution is 8.00. The molecule has 34 heavy (non-hydrogen) atoms. The fraction of sp³-hybridized carbons (Fsp3) is 0.304. The van der Waals surface area contributed by atoms with Gasteiger partial charge in [-0.2, -0.15) is 4.98 Å². The summed E-state index contributed by atoms with van der Waals surface area (Å²) in [5.74, 6) is 1.00. The summed E-state index contributed by atoms with van der Waals surface area (Å²) in [7, 11) is 4.65. The molecule has 1 amide bonds. The molecule has 0 bridgehead atoms. The lowest BCUT2D eigenvalue weighted by Crippen LogP contribution is -2.28. The second kappa shape index (κ2) is 12.6. The van der Waals surface area contributed by atoms with Crippen LogP contribution >= 0.6 is 11.8 Å². The molecule has 0 fully saturated rings. The number of carbonyl (C=O) groups is 2. The van der Waals surface area contributed by atoms with Crippen molar-refractivity contribution in [3.05, 3.63) is 53.9 Å². The Bertz CT molecular complexity index is 1120. The van der Waals surface area contributed by atoms with Gasteiger partial charge >= 0.3 is 5.97 Å². The van der Waals surface area contributed by atoms with E-state index in [0.29, 0.717) is 46.5 Å². The number of esters is 1. The number of carbonyl (C=O) groups excluding carboxylic acids is 2. The number of methoxy groups -OCH3 is 3. The minimum absolute atomic E-state index is 0.129. The van der Waals surface area contributed by atoms with Gasteiger partial charge in [-0.15, -0.1) is 11.8 Å². The quantitative estimate of drug-likeness (QED) is 0.232.